The smallest absolute Gasteiger partial charge is 0.0372 e. The summed E-state index contributed by atoms with van der Waals surface area (Å²) < 4.78 is 0. The van der Waals surface area contributed by atoms with Crippen molar-refractivity contribution in [2.75, 3.05) is 5.75 Å². The second kappa shape index (κ2) is 6.41. The first-order valence-corrected chi connectivity index (χ1v) is 7.59. The number of aryl methyl sites for hydroxylation is 1. The van der Waals surface area contributed by atoms with Crippen LogP contribution in [0.25, 0.3) is 0 Å². The molecule has 0 aromatic carbocycles. The van der Waals surface area contributed by atoms with Crippen molar-refractivity contribution in [2.24, 2.45) is 0 Å². The number of nitrogens with one attached hydrogen (secondary N) is 1. The molecule has 0 amide bonds. The van der Waals surface area contributed by atoms with Crippen molar-refractivity contribution in [3.8, 4) is 0 Å². The van der Waals surface area contributed by atoms with Gasteiger partial charge in [0.1, 0.15) is 0 Å². The lowest BCUT2D eigenvalue weighted by atomic mass is 10.2. The molecule has 2 atom stereocenters. The van der Waals surface area contributed by atoms with Crippen molar-refractivity contribution in [3.63, 3.8) is 0 Å². The first-order chi connectivity index (χ1) is 8.28. The van der Waals surface area contributed by atoms with E-state index in [-0.39, 0.29) is 0 Å². The van der Waals surface area contributed by atoms with E-state index in [9.17, 15) is 0 Å². The maximum absolute atomic E-state index is 4.32. The molecule has 0 saturated heterocycles. The molecule has 1 N–H and O–H groups in total. The lowest BCUT2D eigenvalue weighted by Crippen LogP contribution is -2.26. The fraction of sp³-hybridized carbons (Fsp3) is 0.643. The highest BCUT2D eigenvalue weighted by molar-refractivity contribution is 7.99. The Hall–Kier alpha value is -0.540. The summed E-state index contributed by atoms with van der Waals surface area (Å²) in [7, 11) is 0. The minimum Gasteiger partial charge on any atom is -0.310 e. The van der Waals surface area contributed by atoms with Crippen LogP contribution in [0, 0.1) is 6.92 Å². The Morgan fingerprint density at radius 3 is 3.00 bits per heavy atom. The van der Waals surface area contributed by atoms with Gasteiger partial charge in [-0.25, -0.2) is 0 Å². The second-order valence-corrected chi connectivity index (χ2v) is 6.35. The van der Waals surface area contributed by atoms with Gasteiger partial charge in [0.25, 0.3) is 0 Å². The van der Waals surface area contributed by atoms with Crippen LogP contribution in [0.4, 0.5) is 0 Å². The van der Waals surface area contributed by atoms with Crippen molar-refractivity contribution in [1.82, 2.24) is 10.3 Å². The SMILES string of the molecule is CCSC1CCC(NCc2ccc(C)nc2)C1. The summed E-state index contributed by atoms with van der Waals surface area (Å²) in [4.78, 5) is 4.32. The van der Waals surface area contributed by atoms with E-state index in [2.05, 4.69) is 41.1 Å². The first kappa shape index (κ1) is 12.9. The average Bonchev–Trinajstić information content (AvgIpc) is 2.77. The summed E-state index contributed by atoms with van der Waals surface area (Å²) in [5.74, 6) is 1.25. The molecule has 94 valence electrons. The van der Waals surface area contributed by atoms with Gasteiger partial charge in [0.15, 0.2) is 0 Å². The van der Waals surface area contributed by atoms with E-state index in [1.54, 1.807) is 0 Å². The molecule has 1 aromatic heterocycles. The molecule has 2 rings (SSSR count). The molecule has 2 unspecified atom stereocenters. The molecule has 1 saturated carbocycles. The number of hydrogen-bond donors (Lipinski definition) is 1. The van der Waals surface area contributed by atoms with E-state index in [1.807, 2.05) is 13.1 Å². The molecule has 1 fully saturated rings. The maximum Gasteiger partial charge on any atom is 0.0372 e. The lowest BCUT2D eigenvalue weighted by molar-refractivity contribution is 0.524. The Balaban J connectivity index is 1.74. The summed E-state index contributed by atoms with van der Waals surface area (Å²) in [6.07, 6.45) is 6.02. The van der Waals surface area contributed by atoms with Crippen LogP contribution < -0.4 is 5.32 Å². The number of thioether (sulfide) groups is 1. The Bertz CT molecular complexity index is 337. The zero-order valence-electron chi connectivity index (χ0n) is 10.8. The normalized spacial score (nSPS) is 24.1. The summed E-state index contributed by atoms with van der Waals surface area (Å²) in [5.41, 5.74) is 2.39. The van der Waals surface area contributed by atoms with Crippen LogP contribution in [-0.4, -0.2) is 22.0 Å². The molecule has 2 nitrogen and oxygen atoms in total. The van der Waals surface area contributed by atoms with Crippen LogP contribution in [0.15, 0.2) is 18.3 Å². The van der Waals surface area contributed by atoms with Crippen LogP contribution in [0.5, 0.6) is 0 Å². The van der Waals surface area contributed by atoms with E-state index >= 15 is 0 Å². The number of hydrogen-bond acceptors (Lipinski definition) is 3. The lowest BCUT2D eigenvalue weighted by Gasteiger charge is -2.13. The monoisotopic (exact) mass is 250 g/mol. The third-order valence-corrected chi connectivity index (χ3v) is 4.59. The highest BCUT2D eigenvalue weighted by Crippen LogP contribution is 2.29. The van der Waals surface area contributed by atoms with Crippen LogP contribution in [0.1, 0.15) is 37.4 Å². The summed E-state index contributed by atoms with van der Waals surface area (Å²) in [6.45, 7) is 5.24. The van der Waals surface area contributed by atoms with Gasteiger partial charge in [0.2, 0.25) is 0 Å². The third-order valence-electron chi connectivity index (χ3n) is 3.35. The standard InChI is InChI=1S/C14H22N2S/c1-3-17-14-7-6-13(8-14)16-10-12-5-4-11(2)15-9-12/h4-5,9,13-14,16H,3,6-8,10H2,1-2H3. The van der Waals surface area contributed by atoms with Crippen molar-refractivity contribution in [2.45, 2.75) is 50.9 Å². The maximum atomic E-state index is 4.32. The average molecular weight is 250 g/mol. The topological polar surface area (TPSA) is 24.9 Å². The highest BCUT2D eigenvalue weighted by atomic mass is 32.2. The molecule has 0 bridgehead atoms. The quantitative estimate of drug-likeness (QED) is 0.869. The van der Waals surface area contributed by atoms with Gasteiger partial charge in [-0.1, -0.05) is 13.0 Å². The fourth-order valence-electron chi connectivity index (χ4n) is 2.38. The molecule has 0 radical (unpaired) electrons. The predicted molar refractivity (Wildman–Crippen MR) is 75.4 cm³/mol. The molecule has 1 heterocycles. The van der Waals surface area contributed by atoms with Gasteiger partial charge in [-0.3, -0.25) is 4.98 Å². The van der Waals surface area contributed by atoms with Crippen LogP contribution in [0.3, 0.4) is 0 Å². The van der Waals surface area contributed by atoms with Gasteiger partial charge < -0.3 is 5.32 Å². The largest absolute Gasteiger partial charge is 0.310 e. The van der Waals surface area contributed by atoms with Crippen molar-refractivity contribution in [1.29, 1.82) is 0 Å². The van der Waals surface area contributed by atoms with E-state index in [1.165, 1.54) is 30.6 Å². The molecular weight excluding hydrogens is 228 g/mol. The molecule has 0 aliphatic heterocycles. The third kappa shape index (κ3) is 4.00. The Labute approximate surface area is 109 Å². The highest BCUT2D eigenvalue weighted by Gasteiger charge is 2.23. The van der Waals surface area contributed by atoms with Gasteiger partial charge in [0, 0.05) is 29.7 Å². The summed E-state index contributed by atoms with van der Waals surface area (Å²) >= 11 is 2.11. The van der Waals surface area contributed by atoms with Crippen molar-refractivity contribution < 1.29 is 0 Å². The van der Waals surface area contributed by atoms with E-state index in [4.69, 9.17) is 0 Å². The number of pyridine rings is 1. The van der Waals surface area contributed by atoms with E-state index in [0.29, 0.717) is 6.04 Å². The Morgan fingerprint density at radius 2 is 2.29 bits per heavy atom. The van der Waals surface area contributed by atoms with E-state index in [0.717, 1.165) is 17.5 Å². The summed E-state index contributed by atoms with van der Waals surface area (Å²) in [6, 6.07) is 4.96. The number of nitrogens with zero attached hydrogens (tertiary/aromatic N) is 1. The van der Waals surface area contributed by atoms with Gasteiger partial charge in [-0.05, 0) is 43.6 Å². The van der Waals surface area contributed by atoms with Crippen LogP contribution >= 0.6 is 11.8 Å². The van der Waals surface area contributed by atoms with Crippen LogP contribution in [-0.2, 0) is 6.54 Å². The van der Waals surface area contributed by atoms with Gasteiger partial charge in [0.05, 0.1) is 0 Å². The van der Waals surface area contributed by atoms with Crippen molar-refractivity contribution >= 4 is 11.8 Å². The van der Waals surface area contributed by atoms with Crippen LogP contribution in [0.2, 0.25) is 0 Å². The zero-order valence-corrected chi connectivity index (χ0v) is 11.6. The molecule has 0 spiro atoms. The fourth-order valence-corrected chi connectivity index (χ4v) is 3.52. The Morgan fingerprint density at radius 1 is 1.41 bits per heavy atom. The van der Waals surface area contributed by atoms with E-state index < -0.39 is 0 Å². The molecular formula is C14H22N2S. The zero-order chi connectivity index (χ0) is 12.1. The minimum atomic E-state index is 0.709. The van der Waals surface area contributed by atoms with Gasteiger partial charge in [-0.2, -0.15) is 11.8 Å². The molecule has 17 heavy (non-hydrogen) atoms. The van der Waals surface area contributed by atoms with Crippen molar-refractivity contribution in [3.05, 3.63) is 29.6 Å². The summed E-state index contributed by atoms with van der Waals surface area (Å²) in [5, 5.41) is 4.54. The molecule has 1 aliphatic carbocycles. The molecule has 3 heteroatoms. The molecule has 1 aliphatic rings. The second-order valence-electron chi connectivity index (χ2n) is 4.78. The number of rotatable bonds is 5. The minimum absolute atomic E-state index is 0.709. The predicted octanol–water partition coefficient (Wildman–Crippen LogP) is 3.15. The molecule has 1 aromatic rings. The van der Waals surface area contributed by atoms with Gasteiger partial charge >= 0.3 is 0 Å². The number of aromatic nitrogens is 1. The van der Waals surface area contributed by atoms with Gasteiger partial charge in [-0.15, -0.1) is 0 Å². The first-order valence-electron chi connectivity index (χ1n) is 6.54. The Kier molecular flexibility index (Phi) is 4.86.